The summed E-state index contributed by atoms with van der Waals surface area (Å²) in [6, 6.07) is 11.6. The number of hydrogen-bond acceptors (Lipinski definition) is 1. The summed E-state index contributed by atoms with van der Waals surface area (Å²) < 4.78 is 76.9. The van der Waals surface area contributed by atoms with Crippen molar-refractivity contribution in [2.75, 3.05) is 0 Å². The number of alkyl halides is 6. The third kappa shape index (κ3) is 5.50. The number of hydrogen-bond donors (Lipinski definition) is 1. The van der Waals surface area contributed by atoms with E-state index in [1.165, 1.54) is 54.0 Å². The lowest BCUT2D eigenvalue weighted by Crippen LogP contribution is -2.12. The minimum absolute atomic E-state index is 0.000484. The molecule has 1 aromatic heterocycles. The highest BCUT2D eigenvalue weighted by Gasteiger charge is 2.34. The van der Waals surface area contributed by atoms with E-state index in [9.17, 15) is 31.1 Å². The topological polar surface area (TPSA) is 66.0 Å². The number of nitrogens with one attached hydrogen (secondary N) is 1. The van der Waals surface area contributed by atoms with Crippen molar-refractivity contribution in [3.63, 3.8) is 0 Å². The van der Waals surface area contributed by atoms with Crippen molar-refractivity contribution in [1.82, 2.24) is 4.57 Å². The molecule has 3 rings (SSSR count). The highest BCUT2D eigenvalue weighted by Crippen LogP contribution is 2.35. The molecule has 1 heterocycles. The predicted octanol–water partition coefficient (Wildman–Crippen LogP) is 7.07. The van der Waals surface area contributed by atoms with Gasteiger partial charge in [0.05, 0.1) is 22.4 Å². The molecule has 32 heavy (non-hydrogen) atoms. The second-order valence-electron chi connectivity index (χ2n) is 6.77. The van der Waals surface area contributed by atoms with E-state index < -0.39 is 29.4 Å². The lowest BCUT2D eigenvalue weighted by atomic mass is 10.1. The first kappa shape index (κ1) is 25.0. The second-order valence-corrected chi connectivity index (χ2v) is 6.77. The highest BCUT2D eigenvalue weighted by atomic mass is 19.4. The molecule has 10 heteroatoms. The Morgan fingerprint density at radius 1 is 0.906 bits per heavy atom. The van der Waals surface area contributed by atoms with Gasteiger partial charge in [-0.2, -0.15) is 26.3 Å². The molecule has 0 aliphatic rings. The molecule has 2 N–H and O–H groups in total. The minimum Gasteiger partial charge on any atom is -0.674 e. The maximum absolute atomic E-state index is 13.0. The molecule has 0 aliphatic carbocycles. The summed E-state index contributed by atoms with van der Waals surface area (Å²) in [5, 5.41) is 9.04. The smallest absolute Gasteiger partial charge is 0.418 e. The number of carboxylic acid groups (broad SMARTS) is 1. The first-order valence-electron chi connectivity index (χ1n) is 9.17. The van der Waals surface area contributed by atoms with Crippen molar-refractivity contribution >= 4 is 5.97 Å². The Balaban J connectivity index is 0.000000258. The van der Waals surface area contributed by atoms with Crippen LogP contribution in [0.25, 0.3) is 11.4 Å². The van der Waals surface area contributed by atoms with Gasteiger partial charge in [0, 0.05) is 11.4 Å². The molecule has 0 fully saturated rings. The summed E-state index contributed by atoms with van der Waals surface area (Å²) in [5.74, 6) is -1.16. The first-order chi connectivity index (χ1) is 14.8. The summed E-state index contributed by atoms with van der Waals surface area (Å²) in [4.78, 5) is 11.1. The second kappa shape index (κ2) is 9.47. The fourth-order valence-corrected chi connectivity index (χ4v) is 3.21. The van der Waals surface area contributed by atoms with Crippen LogP contribution >= 0.6 is 0 Å². The van der Waals surface area contributed by atoms with Crippen molar-refractivity contribution in [1.29, 1.82) is 0 Å². The van der Waals surface area contributed by atoms with Gasteiger partial charge in [0.15, 0.2) is 0 Å². The van der Waals surface area contributed by atoms with Crippen molar-refractivity contribution < 1.29 is 36.2 Å². The van der Waals surface area contributed by atoms with Gasteiger partial charge in [-0.25, -0.2) is 4.79 Å². The number of carbonyl (C=O) groups is 1. The van der Waals surface area contributed by atoms with Crippen LogP contribution in [-0.4, -0.2) is 15.6 Å². The van der Waals surface area contributed by atoms with E-state index in [0.29, 0.717) is 5.69 Å². The van der Waals surface area contributed by atoms with E-state index in [1.807, 2.05) is 0 Å². The molecule has 0 saturated carbocycles. The number of nitrogens with zero attached hydrogens (tertiary/aromatic N) is 1. The van der Waals surface area contributed by atoms with Gasteiger partial charge < -0.3 is 15.4 Å². The van der Waals surface area contributed by atoms with Crippen LogP contribution in [0, 0.1) is 13.8 Å². The molecular weight excluding hydrogens is 438 g/mol. The average molecular weight is 457 g/mol. The third-order valence-corrected chi connectivity index (χ3v) is 4.63. The monoisotopic (exact) mass is 457 g/mol. The standard InChI is InChI=1S/C14H12F3NO2.C8H7F3N/c1-8-7-10(13(19)20)9(2)18(8)12-6-4-3-5-11(12)14(15,16)17;9-8(10,11)7-4-2-1-3-6(7)5-12/h3-7H,1-2H3,(H,19,20);1-4,12H,5H2/q;-1. The van der Waals surface area contributed by atoms with Crippen LogP contribution in [0.5, 0.6) is 0 Å². The maximum Gasteiger partial charge on any atom is 0.418 e. The maximum atomic E-state index is 13.0. The number of benzene rings is 2. The zero-order valence-corrected chi connectivity index (χ0v) is 17.0. The molecule has 0 atom stereocenters. The Bertz CT molecular complexity index is 1100. The number of aryl methyl sites for hydroxylation is 1. The molecule has 3 aromatic rings. The van der Waals surface area contributed by atoms with E-state index in [2.05, 4.69) is 0 Å². The summed E-state index contributed by atoms with van der Waals surface area (Å²) >= 11 is 0. The van der Waals surface area contributed by atoms with Crippen LogP contribution in [0.15, 0.2) is 54.6 Å². The fraction of sp³-hybridized carbons (Fsp3) is 0.227. The number of aromatic carboxylic acids is 1. The summed E-state index contributed by atoms with van der Waals surface area (Å²) in [6.45, 7) is 2.73. The minimum atomic E-state index is -4.50. The van der Waals surface area contributed by atoms with Crippen LogP contribution in [-0.2, 0) is 18.9 Å². The molecule has 0 unspecified atom stereocenters. The largest absolute Gasteiger partial charge is 0.674 e. The van der Waals surface area contributed by atoms with Crippen molar-refractivity contribution in [3.05, 3.63) is 94.0 Å². The van der Waals surface area contributed by atoms with Gasteiger partial charge in [0.2, 0.25) is 0 Å². The van der Waals surface area contributed by atoms with E-state index >= 15 is 0 Å². The van der Waals surface area contributed by atoms with Crippen LogP contribution in [0.2, 0.25) is 0 Å². The molecule has 0 bridgehead atoms. The molecule has 0 amide bonds. The quantitative estimate of drug-likeness (QED) is 0.428. The van der Waals surface area contributed by atoms with Gasteiger partial charge in [-0.3, -0.25) is 0 Å². The van der Waals surface area contributed by atoms with Gasteiger partial charge >= 0.3 is 18.3 Å². The van der Waals surface area contributed by atoms with Crippen molar-refractivity contribution in [3.8, 4) is 5.69 Å². The molecule has 0 spiro atoms. The molecule has 172 valence electrons. The zero-order chi connectivity index (χ0) is 24.3. The molecule has 2 aromatic carbocycles. The van der Waals surface area contributed by atoms with Crippen molar-refractivity contribution in [2.24, 2.45) is 0 Å². The highest BCUT2D eigenvalue weighted by molar-refractivity contribution is 5.89. The van der Waals surface area contributed by atoms with Crippen molar-refractivity contribution in [2.45, 2.75) is 32.7 Å². The van der Waals surface area contributed by atoms with E-state index in [1.54, 1.807) is 6.92 Å². The van der Waals surface area contributed by atoms with Gasteiger partial charge in [0.1, 0.15) is 0 Å². The third-order valence-electron chi connectivity index (χ3n) is 4.63. The van der Waals surface area contributed by atoms with Crippen LogP contribution in [0.4, 0.5) is 26.3 Å². The number of rotatable bonds is 3. The van der Waals surface area contributed by atoms with Gasteiger partial charge in [0.25, 0.3) is 0 Å². The number of para-hydroxylation sites is 1. The van der Waals surface area contributed by atoms with E-state index in [4.69, 9.17) is 10.8 Å². The first-order valence-corrected chi connectivity index (χ1v) is 9.17. The summed E-state index contributed by atoms with van der Waals surface area (Å²) in [5.41, 5.74) is 6.03. The summed E-state index contributed by atoms with van der Waals surface area (Å²) in [6.07, 6.45) is -8.83. The number of halogens is 6. The van der Waals surface area contributed by atoms with E-state index in [0.717, 1.165) is 12.1 Å². The Morgan fingerprint density at radius 3 is 1.84 bits per heavy atom. The predicted molar refractivity (Wildman–Crippen MR) is 107 cm³/mol. The lowest BCUT2D eigenvalue weighted by molar-refractivity contribution is -0.138. The molecule has 0 saturated heterocycles. The van der Waals surface area contributed by atoms with Crippen LogP contribution < -0.4 is 0 Å². The zero-order valence-electron chi connectivity index (χ0n) is 17.0. The van der Waals surface area contributed by atoms with Crippen LogP contribution in [0.1, 0.15) is 38.4 Å². The molecule has 0 radical (unpaired) electrons. The average Bonchev–Trinajstić information content (AvgIpc) is 3.01. The fourth-order valence-electron chi connectivity index (χ4n) is 3.21. The van der Waals surface area contributed by atoms with Crippen LogP contribution in [0.3, 0.4) is 0 Å². The van der Waals surface area contributed by atoms with Gasteiger partial charge in [-0.1, -0.05) is 35.9 Å². The Kier molecular flexibility index (Phi) is 7.40. The summed E-state index contributed by atoms with van der Waals surface area (Å²) in [7, 11) is 0. The Labute approximate surface area is 179 Å². The van der Waals surface area contributed by atoms with E-state index in [-0.39, 0.29) is 29.1 Å². The molecule has 4 nitrogen and oxygen atoms in total. The Morgan fingerprint density at radius 2 is 1.41 bits per heavy atom. The number of carboxylic acids is 1. The molecule has 0 aliphatic heterocycles. The van der Waals surface area contributed by atoms with Gasteiger partial charge in [-0.05, 0) is 38.1 Å². The number of aromatic nitrogens is 1. The Hall–Kier alpha value is -3.27. The normalized spacial score (nSPS) is 11.7. The van der Waals surface area contributed by atoms with Gasteiger partial charge in [-0.15, -0.1) is 6.54 Å². The lowest BCUT2D eigenvalue weighted by Gasteiger charge is -2.16. The SMILES string of the molecule is Cc1cc(C(=O)O)c(C)n1-c1ccccc1C(F)(F)F.[NH-]Cc1ccccc1C(F)(F)F. The molecular formula is C22H19F6N2O2-.